The topological polar surface area (TPSA) is 0 Å². The van der Waals surface area contributed by atoms with Gasteiger partial charge in [-0.2, -0.15) is 0 Å². The summed E-state index contributed by atoms with van der Waals surface area (Å²) < 4.78 is 0. The number of rotatable bonds is 3. The van der Waals surface area contributed by atoms with E-state index in [1.54, 1.807) is 11.1 Å². The maximum absolute atomic E-state index is 2.39. The lowest BCUT2D eigenvalue weighted by Crippen LogP contribution is -1.98. The Morgan fingerprint density at radius 1 is 0.900 bits per heavy atom. The minimum absolute atomic E-state index is 1.34. The van der Waals surface area contributed by atoms with Crippen molar-refractivity contribution >= 4 is 0 Å². The molecule has 0 spiro atoms. The molecule has 0 amide bonds. The molecule has 0 aliphatic heterocycles. The summed E-state index contributed by atoms with van der Waals surface area (Å²) in [5, 5.41) is 0. The monoisotopic (exact) mass is 134 g/mol. The standard InChI is InChI=1S/C10H14/c1-3-9(4-1)7-8-10-5-2-6-10/h3,5H,1-2,4,6-8H2. The fraction of sp³-hybridized carbons (Fsp3) is 0.600. The van der Waals surface area contributed by atoms with Crippen molar-refractivity contribution in [3.8, 4) is 0 Å². The third-order valence-electron chi connectivity index (χ3n) is 2.56. The van der Waals surface area contributed by atoms with Crippen LogP contribution in [0.5, 0.6) is 0 Å². The van der Waals surface area contributed by atoms with Gasteiger partial charge in [-0.3, -0.25) is 0 Å². The van der Waals surface area contributed by atoms with Crippen LogP contribution in [0, 0.1) is 0 Å². The largest absolute Gasteiger partial charge is 0.0850 e. The Kier molecular flexibility index (Phi) is 1.62. The van der Waals surface area contributed by atoms with Crippen molar-refractivity contribution in [1.82, 2.24) is 0 Å². The van der Waals surface area contributed by atoms with Crippen molar-refractivity contribution in [2.45, 2.75) is 38.5 Å². The van der Waals surface area contributed by atoms with Gasteiger partial charge in [0.15, 0.2) is 0 Å². The highest BCUT2D eigenvalue weighted by Crippen LogP contribution is 2.28. The molecule has 2 aliphatic rings. The Labute approximate surface area is 62.6 Å². The summed E-state index contributed by atoms with van der Waals surface area (Å²) in [5.74, 6) is 0. The van der Waals surface area contributed by atoms with E-state index in [9.17, 15) is 0 Å². The highest BCUT2D eigenvalue weighted by molar-refractivity contribution is 5.18. The lowest BCUT2D eigenvalue weighted by Gasteiger charge is -2.18. The van der Waals surface area contributed by atoms with Gasteiger partial charge in [-0.15, -0.1) is 0 Å². The molecule has 0 fully saturated rings. The maximum atomic E-state index is 2.39. The second kappa shape index (κ2) is 2.61. The first-order valence-electron chi connectivity index (χ1n) is 4.31. The van der Waals surface area contributed by atoms with Crippen molar-refractivity contribution in [3.05, 3.63) is 23.3 Å². The van der Waals surface area contributed by atoms with Crippen LogP contribution >= 0.6 is 0 Å². The third kappa shape index (κ3) is 1.16. The van der Waals surface area contributed by atoms with E-state index in [0.717, 1.165) is 0 Å². The van der Waals surface area contributed by atoms with Crippen LogP contribution in [0.4, 0.5) is 0 Å². The van der Waals surface area contributed by atoms with Gasteiger partial charge in [-0.1, -0.05) is 23.3 Å². The Morgan fingerprint density at radius 3 is 1.50 bits per heavy atom. The van der Waals surface area contributed by atoms with Gasteiger partial charge in [0.2, 0.25) is 0 Å². The summed E-state index contributed by atoms with van der Waals surface area (Å²) in [5.41, 5.74) is 3.40. The average Bonchev–Trinajstić information content (AvgIpc) is 1.70. The van der Waals surface area contributed by atoms with Crippen molar-refractivity contribution in [3.63, 3.8) is 0 Å². The first-order chi connectivity index (χ1) is 4.95. The normalized spacial score (nSPS) is 22.4. The van der Waals surface area contributed by atoms with Crippen LogP contribution in [-0.4, -0.2) is 0 Å². The number of allylic oxidation sites excluding steroid dienone is 4. The fourth-order valence-electron chi connectivity index (χ4n) is 1.47. The zero-order chi connectivity index (χ0) is 6.81. The second-order valence-corrected chi connectivity index (χ2v) is 3.30. The molecule has 0 aromatic heterocycles. The van der Waals surface area contributed by atoms with E-state index in [2.05, 4.69) is 12.2 Å². The summed E-state index contributed by atoms with van der Waals surface area (Å²) in [6, 6.07) is 0. The van der Waals surface area contributed by atoms with E-state index in [1.807, 2.05) is 0 Å². The van der Waals surface area contributed by atoms with Crippen molar-refractivity contribution < 1.29 is 0 Å². The Hall–Kier alpha value is -0.520. The minimum atomic E-state index is 1.34. The molecule has 0 unspecified atom stereocenters. The lowest BCUT2D eigenvalue weighted by atomic mass is 9.88. The van der Waals surface area contributed by atoms with Crippen LogP contribution in [-0.2, 0) is 0 Å². The van der Waals surface area contributed by atoms with E-state index in [0.29, 0.717) is 0 Å². The summed E-state index contributed by atoms with van der Waals surface area (Å²) in [6.07, 6.45) is 12.9. The molecule has 0 heterocycles. The zero-order valence-electron chi connectivity index (χ0n) is 6.40. The summed E-state index contributed by atoms with van der Waals surface area (Å²) in [6.45, 7) is 0. The van der Waals surface area contributed by atoms with Gasteiger partial charge in [0.1, 0.15) is 0 Å². The summed E-state index contributed by atoms with van der Waals surface area (Å²) >= 11 is 0. The molecule has 0 N–H and O–H groups in total. The van der Waals surface area contributed by atoms with Crippen LogP contribution in [0.15, 0.2) is 23.3 Å². The van der Waals surface area contributed by atoms with E-state index in [4.69, 9.17) is 0 Å². The molecule has 0 radical (unpaired) electrons. The third-order valence-corrected chi connectivity index (χ3v) is 2.56. The number of hydrogen-bond acceptors (Lipinski definition) is 0. The Morgan fingerprint density at radius 2 is 1.30 bits per heavy atom. The van der Waals surface area contributed by atoms with Gasteiger partial charge < -0.3 is 0 Å². The van der Waals surface area contributed by atoms with Crippen LogP contribution in [0.2, 0.25) is 0 Å². The summed E-state index contributed by atoms with van der Waals surface area (Å²) in [4.78, 5) is 0. The molecule has 54 valence electrons. The lowest BCUT2D eigenvalue weighted by molar-refractivity contribution is 0.723. The van der Waals surface area contributed by atoms with Gasteiger partial charge in [-0.25, -0.2) is 0 Å². The van der Waals surface area contributed by atoms with Crippen molar-refractivity contribution in [2.24, 2.45) is 0 Å². The molecule has 10 heavy (non-hydrogen) atoms. The Balaban J connectivity index is 1.72. The predicted molar refractivity (Wildman–Crippen MR) is 43.9 cm³/mol. The van der Waals surface area contributed by atoms with Crippen LogP contribution in [0.1, 0.15) is 38.5 Å². The molecule has 0 bridgehead atoms. The van der Waals surface area contributed by atoms with Gasteiger partial charge in [-0.05, 0) is 38.5 Å². The first-order valence-corrected chi connectivity index (χ1v) is 4.31. The SMILES string of the molecule is C1=C(CCC2=CCC2)CC1. The molecule has 2 rings (SSSR count). The summed E-state index contributed by atoms with van der Waals surface area (Å²) in [7, 11) is 0. The average molecular weight is 134 g/mol. The molecule has 0 aromatic rings. The fourth-order valence-corrected chi connectivity index (χ4v) is 1.47. The second-order valence-electron chi connectivity index (χ2n) is 3.30. The van der Waals surface area contributed by atoms with Gasteiger partial charge in [0, 0.05) is 0 Å². The highest BCUT2D eigenvalue weighted by Gasteiger charge is 2.09. The van der Waals surface area contributed by atoms with E-state index in [1.165, 1.54) is 38.5 Å². The molecule has 2 aliphatic carbocycles. The van der Waals surface area contributed by atoms with E-state index >= 15 is 0 Å². The minimum Gasteiger partial charge on any atom is -0.0850 e. The highest BCUT2D eigenvalue weighted by atomic mass is 14.1. The molecule has 0 heteroatoms. The number of hydrogen-bond donors (Lipinski definition) is 0. The van der Waals surface area contributed by atoms with Crippen LogP contribution in [0.3, 0.4) is 0 Å². The predicted octanol–water partition coefficient (Wildman–Crippen LogP) is 3.21. The van der Waals surface area contributed by atoms with Crippen LogP contribution < -0.4 is 0 Å². The molecule has 0 atom stereocenters. The Bertz CT molecular complexity index is 162. The zero-order valence-corrected chi connectivity index (χ0v) is 6.40. The van der Waals surface area contributed by atoms with Gasteiger partial charge >= 0.3 is 0 Å². The maximum Gasteiger partial charge on any atom is -0.0283 e. The molecular weight excluding hydrogens is 120 g/mol. The quantitative estimate of drug-likeness (QED) is 0.520. The molecule has 0 nitrogen and oxygen atoms in total. The van der Waals surface area contributed by atoms with Gasteiger partial charge in [0.05, 0.1) is 0 Å². The molecule has 0 saturated carbocycles. The van der Waals surface area contributed by atoms with Crippen LogP contribution in [0.25, 0.3) is 0 Å². The van der Waals surface area contributed by atoms with E-state index in [-0.39, 0.29) is 0 Å². The molecule has 0 aromatic carbocycles. The van der Waals surface area contributed by atoms with E-state index < -0.39 is 0 Å². The molecule has 0 saturated heterocycles. The first kappa shape index (κ1) is 6.21. The van der Waals surface area contributed by atoms with Gasteiger partial charge in [0.25, 0.3) is 0 Å². The molecular formula is C10H14. The van der Waals surface area contributed by atoms with Crippen molar-refractivity contribution in [1.29, 1.82) is 0 Å². The smallest absolute Gasteiger partial charge is 0.0283 e. The van der Waals surface area contributed by atoms with Crippen molar-refractivity contribution in [2.75, 3.05) is 0 Å².